The number of carbonyl (C=O) groups is 8. The lowest BCUT2D eigenvalue weighted by Crippen LogP contribution is -2.60. The van der Waals surface area contributed by atoms with Crippen LogP contribution in [-0.4, -0.2) is 105 Å². The molecule has 0 aliphatic rings. The van der Waals surface area contributed by atoms with Crippen LogP contribution in [0.3, 0.4) is 0 Å². The monoisotopic (exact) mass is 652 g/mol. The first-order valence-electron chi connectivity index (χ1n) is 13.8. The number of aliphatic hydroxyl groups is 1. The van der Waals surface area contributed by atoms with Gasteiger partial charge in [0.25, 0.3) is 0 Å². The third kappa shape index (κ3) is 13.1. The van der Waals surface area contributed by atoms with Crippen LogP contribution in [0.25, 0.3) is 0 Å². The summed E-state index contributed by atoms with van der Waals surface area (Å²) in [6.07, 6.45) is -2.89. The van der Waals surface area contributed by atoms with Crippen LogP contribution in [0.1, 0.15) is 39.2 Å². The largest absolute Gasteiger partial charge is 0.508 e. The highest BCUT2D eigenvalue weighted by Crippen LogP contribution is 2.12. The van der Waals surface area contributed by atoms with E-state index in [4.69, 9.17) is 17.2 Å². The molecule has 19 nitrogen and oxygen atoms in total. The molecule has 0 aliphatic heterocycles. The summed E-state index contributed by atoms with van der Waals surface area (Å²) >= 11 is 0. The van der Waals surface area contributed by atoms with Gasteiger partial charge in [-0.15, -0.1) is 0 Å². The van der Waals surface area contributed by atoms with E-state index >= 15 is 0 Å². The topological polar surface area (TPSA) is 335 Å². The fourth-order valence-corrected chi connectivity index (χ4v) is 3.79. The summed E-state index contributed by atoms with van der Waals surface area (Å²) in [6.45, 7) is 3.67. The first-order valence-corrected chi connectivity index (χ1v) is 13.8. The van der Waals surface area contributed by atoms with Crippen molar-refractivity contribution in [2.75, 3.05) is 0 Å². The Kier molecular flexibility index (Phi) is 15.0. The molecule has 0 saturated heterocycles. The number of aliphatic carboxylic acids is 1. The number of rotatable bonds is 18. The molecule has 7 atom stereocenters. The maximum atomic E-state index is 13.0. The van der Waals surface area contributed by atoms with Crippen molar-refractivity contribution in [2.24, 2.45) is 17.2 Å². The van der Waals surface area contributed by atoms with Crippen molar-refractivity contribution < 1.29 is 53.7 Å². The summed E-state index contributed by atoms with van der Waals surface area (Å²) in [5.41, 5.74) is 16.1. The van der Waals surface area contributed by atoms with E-state index in [9.17, 15) is 53.7 Å². The molecule has 1 aromatic carbocycles. The van der Waals surface area contributed by atoms with Gasteiger partial charge in [-0.1, -0.05) is 12.1 Å². The van der Waals surface area contributed by atoms with Gasteiger partial charge in [-0.3, -0.25) is 33.6 Å². The van der Waals surface area contributed by atoms with E-state index in [0.29, 0.717) is 5.56 Å². The quantitative estimate of drug-likeness (QED) is 0.0710. The van der Waals surface area contributed by atoms with Crippen LogP contribution >= 0.6 is 0 Å². The number of amides is 7. The minimum Gasteiger partial charge on any atom is -0.508 e. The number of aromatic hydroxyl groups is 1. The van der Waals surface area contributed by atoms with E-state index in [-0.39, 0.29) is 12.2 Å². The Balaban J connectivity index is 2.96. The van der Waals surface area contributed by atoms with Crippen LogP contribution in [0.5, 0.6) is 5.75 Å². The Bertz CT molecular complexity index is 1300. The highest BCUT2D eigenvalue weighted by molar-refractivity contribution is 5.97. The highest BCUT2D eigenvalue weighted by atomic mass is 16.4. The summed E-state index contributed by atoms with van der Waals surface area (Å²) in [5.74, 6) is -8.23. The Labute approximate surface area is 263 Å². The summed E-state index contributed by atoms with van der Waals surface area (Å²) in [4.78, 5) is 97.4. The van der Waals surface area contributed by atoms with Crippen molar-refractivity contribution in [2.45, 2.75) is 82.4 Å². The zero-order chi connectivity index (χ0) is 35.3. The molecule has 14 N–H and O–H groups in total. The number of aliphatic hydroxyl groups excluding tert-OH is 1. The lowest BCUT2D eigenvalue weighted by molar-refractivity contribution is -0.143. The Hall–Kier alpha value is -5.30. The van der Waals surface area contributed by atoms with E-state index in [0.717, 1.165) is 0 Å². The van der Waals surface area contributed by atoms with Crippen molar-refractivity contribution in [3.05, 3.63) is 29.8 Å². The van der Waals surface area contributed by atoms with Gasteiger partial charge in [0.05, 0.1) is 25.0 Å². The third-order valence-corrected chi connectivity index (χ3v) is 6.35. The Morgan fingerprint density at radius 1 is 0.674 bits per heavy atom. The standard InChI is InChI=1S/C27H40N8O11/c1-11(32-26(44)21(13(3)36)35-24(42)16(28)9-19(29)38)22(40)31-12(2)23(41)33-17(8-14-4-6-15(37)7-5-14)25(43)34-18(27(45)46)10-20(30)39/h4-7,11-13,16-18,21,36-37H,8-10,28H2,1-3H3,(H2,29,38)(H2,30,39)(H,31,40)(H,32,44)(H,33,41)(H,34,43)(H,35,42)(H,45,46)/t11-,12-,13+,16-,17-,18-,21-/m0/s1. The van der Waals surface area contributed by atoms with Crippen LogP contribution in [-0.2, 0) is 44.8 Å². The van der Waals surface area contributed by atoms with Crippen molar-refractivity contribution in [3.8, 4) is 5.75 Å². The van der Waals surface area contributed by atoms with Crippen LogP contribution in [0.15, 0.2) is 24.3 Å². The molecule has 254 valence electrons. The van der Waals surface area contributed by atoms with Gasteiger partial charge in [0.15, 0.2) is 0 Å². The SMILES string of the molecule is C[C@H](NC(=O)[C@H](C)NC(=O)[C@@H](NC(=O)[C@@H](N)CC(N)=O)[C@@H](C)O)C(=O)N[C@@H](Cc1ccc(O)cc1)C(=O)N[C@@H](CC(N)=O)C(=O)O. The predicted molar refractivity (Wildman–Crippen MR) is 158 cm³/mol. The summed E-state index contributed by atoms with van der Waals surface area (Å²) in [6, 6.07) is -3.19. The summed E-state index contributed by atoms with van der Waals surface area (Å²) in [5, 5.41) is 40.1. The van der Waals surface area contributed by atoms with Gasteiger partial charge in [0, 0.05) is 6.42 Å². The minimum absolute atomic E-state index is 0.0764. The van der Waals surface area contributed by atoms with E-state index in [2.05, 4.69) is 26.6 Å². The Morgan fingerprint density at radius 2 is 1.15 bits per heavy atom. The van der Waals surface area contributed by atoms with Gasteiger partial charge < -0.3 is 59.1 Å². The fourth-order valence-electron chi connectivity index (χ4n) is 3.79. The van der Waals surface area contributed by atoms with Crippen molar-refractivity contribution in [1.29, 1.82) is 0 Å². The molecule has 0 unspecified atom stereocenters. The second-order valence-electron chi connectivity index (χ2n) is 10.5. The van der Waals surface area contributed by atoms with Crippen molar-refractivity contribution in [1.82, 2.24) is 26.6 Å². The highest BCUT2D eigenvalue weighted by Gasteiger charge is 2.32. The van der Waals surface area contributed by atoms with Gasteiger partial charge in [-0.25, -0.2) is 4.79 Å². The second kappa shape index (κ2) is 17.9. The lowest BCUT2D eigenvalue weighted by atomic mass is 10.0. The number of phenolic OH excluding ortho intramolecular Hbond substituents is 1. The zero-order valence-corrected chi connectivity index (χ0v) is 25.3. The van der Waals surface area contributed by atoms with Gasteiger partial charge in [-0.05, 0) is 38.5 Å². The predicted octanol–water partition coefficient (Wildman–Crippen LogP) is -5.06. The number of hydrogen-bond acceptors (Lipinski definition) is 11. The maximum Gasteiger partial charge on any atom is 0.326 e. The summed E-state index contributed by atoms with van der Waals surface area (Å²) in [7, 11) is 0. The van der Waals surface area contributed by atoms with E-state index in [1.54, 1.807) is 0 Å². The molecule has 0 bridgehead atoms. The van der Waals surface area contributed by atoms with Crippen LogP contribution in [0.2, 0.25) is 0 Å². The van der Waals surface area contributed by atoms with Crippen LogP contribution in [0, 0.1) is 0 Å². The average molecular weight is 653 g/mol. The average Bonchev–Trinajstić information content (AvgIpc) is 2.94. The number of carboxylic acids is 1. The number of hydrogen-bond donors (Lipinski definition) is 11. The molecular formula is C27H40N8O11. The van der Waals surface area contributed by atoms with E-state index in [1.165, 1.54) is 45.0 Å². The fraction of sp³-hybridized carbons (Fsp3) is 0.481. The van der Waals surface area contributed by atoms with Crippen molar-refractivity contribution in [3.63, 3.8) is 0 Å². The minimum atomic E-state index is -1.69. The lowest BCUT2D eigenvalue weighted by Gasteiger charge is -2.25. The summed E-state index contributed by atoms with van der Waals surface area (Å²) < 4.78 is 0. The third-order valence-electron chi connectivity index (χ3n) is 6.35. The number of carbonyl (C=O) groups excluding carboxylic acids is 7. The number of carboxylic acid groups (broad SMARTS) is 1. The smallest absolute Gasteiger partial charge is 0.326 e. The molecule has 0 heterocycles. The van der Waals surface area contributed by atoms with E-state index in [1.807, 2.05) is 0 Å². The second-order valence-corrected chi connectivity index (χ2v) is 10.5. The molecule has 0 aliphatic carbocycles. The number of phenols is 1. The number of primary amides is 2. The zero-order valence-electron chi connectivity index (χ0n) is 25.3. The molecule has 1 rings (SSSR count). The number of nitrogens with one attached hydrogen (secondary N) is 5. The molecule has 0 spiro atoms. The maximum absolute atomic E-state index is 13.0. The normalized spacial score (nSPS) is 15.3. The van der Waals surface area contributed by atoms with Crippen LogP contribution in [0.4, 0.5) is 0 Å². The molecule has 0 saturated carbocycles. The molecule has 19 heteroatoms. The van der Waals surface area contributed by atoms with E-state index < -0.39 is 103 Å². The molecule has 0 fully saturated rings. The van der Waals surface area contributed by atoms with Gasteiger partial charge in [-0.2, -0.15) is 0 Å². The Morgan fingerprint density at radius 3 is 1.63 bits per heavy atom. The van der Waals surface area contributed by atoms with Crippen LogP contribution < -0.4 is 43.8 Å². The van der Waals surface area contributed by atoms with Crippen molar-refractivity contribution >= 4 is 47.3 Å². The molecule has 0 radical (unpaired) electrons. The molecular weight excluding hydrogens is 612 g/mol. The number of benzene rings is 1. The number of nitrogens with two attached hydrogens (primary N) is 3. The molecule has 7 amide bonds. The van der Waals surface area contributed by atoms with Gasteiger partial charge in [0.2, 0.25) is 41.4 Å². The first-order chi connectivity index (χ1) is 21.3. The molecule has 46 heavy (non-hydrogen) atoms. The van der Waals surface area contributed by atoms with Gasteiger partial charge >= 0.3 is 5.97 Å². The first kappa shape index (κ1) is 38.7. The van der Waals surface area contributed by atoms with Gasteiger partial charge in [0.1, 0.15) is 36.0 Å². The molecule has 1 aromatic rings. The molecule has 0 aromatic heterocycles.